The first-order chi connectivity index (χ1) is 22.5. The molecule has 2 atom stereocenters. The van der Waals surface area contributed by atoms with Crippen molar-refractivity contribution in [2.45, 2.75) is 155 Å². The molecule has 0 aliphatic carbocycles. The van der Waals surface area contributed by atoms with Gasteiger partial charge in [0, 0.05) is 12.8 Å². The van der Waals surface area contributed by atoms with E-state index in [1.807, 2.05) is 21.1 Å². The van der Waals surface area contributed by atoms with Crippen molar-refractivity contribution < 1.29 is 42.1 Å². The van der Waals surface area contributed by atoms with Crippen LogP contribution in [0.2, 0.25) is 0 Å². The second kappa shape index (κ2) is 30.5. The Kier molecular flexibility index (Phi) is 29.6. The number of hydrogen-bond donors (Lipinski definition) is 1. The van der Waals surface area contributed by atoms with Gasteiger partial charge in [-0.1, -0.05) is 115 Å². The van der Waals surface area contributed by atoms with Gasteiger partial charge >= 0.3 is 19.8 Å². The van der Waals surface area contributed by atoms with Crippen LogP contribution in [0.5, 0.6) is 0 Å². The molecule has 10 heteroatoms. The van der Waals surface area contributed by atoms with E-state index in [1.54, 1.807) is 0 Å². The first-order valence-electron chi connectivity index (χ1n) is 18.6. The Labute approximate surface area is 288 Å². The maximum absolute atomic E-state index is 12.6. The van der Waals surface area contributed by atoms with E-state index in [4.69, 9.17) is 18.5 Å². The molecule has 0 aliphatic rings. The molecule has 0 bridgehead atoms. The summed E-state index contributed by atoms with van der Waals surface area (Å²) in [7, 11) is 1.46. The van der Waals surface area contributed by atoms with Crippen LogP contribution in [0.4, 0.5) is 0 Å². The van der Waals surface area contributed by atoms with Crippen molar-refractivity contribution in [1.82, 2.24) is 0 Å². The number of ether oxygens (including phenoxy) is 2. The Morgan fingerprint density at radius 2 is 1.15 bits per heavy atom. The van der Waals surface area contributed by atoms with Gasteiger partial charge in [-0.2, -0.15) is 0 Å². The molecule has 0 heterocycles. The van der Waals surface area contributed by atoms with Gasteiger partial charge in [0.2, 0.25) is 0 Å². The Balaban J connectivity index is 4.46. The number of likely N-dealkylation sites (N-methyl/N-ethyl adjacent to an activating group) is 1. The molecular weight excluding hydrogens is 617 g/mol. The molecule has 276 valence electrons. The molecule has 47 heavy (non-hydrogen) atoms. The number of nitrogens with zero attached hydrogens (tertiary/aromatic N) is 1. The lowest BCUT2D eigenvalue weighted by Crippen LogP contribution is -2.37. The minimum absolute atomic E-state index is 0.0299. The summed E-state index contributed by atoms with van der Waals surface area (Å²) in [4.78, 5) is 35.0. The third-order valence-electron chi connectivity index (χ3n) is 7.73. The molecule has 0 aliphatic heterocycles. The van der Waals surface area contributed by atoms with Crippen molar-refractivity contribution >= 4 is 19.8 Å². The maximum Gasteiger partial charge on any atom is 0.472 e. The van der Waals surface area contributed by atoms with Crippen molar-refractivity contribution in [2.75, 3.05) is 47.5 Å². The Bertz CT molecular complexity index is 871. The fourth-order valence-corrected chi connectivity index (χ4v) is 5.49. The van der Waals surface area contributed by atoms with Gasteiger partial charge in [-0.15, -0.1) is 0 Å². The van der Waals surface area contributed by atoms with Gasteiger partial charge in [-0.25, -0.2) is 4.57 Å². The number of allylic oxidation sites excluding steroid dienone is 4. The molecule has 0 saturated carbocycles. The average Bonchev–Trinajstić information content (AvgIpc) is 3.01. The quantitative estimate of drug-likeness (QED) is 0.0239. The summed E-state index contributed by atoms with van der Waals surface area (Å²) in [6.07, 6.45) is 29.5. The van der Waals surface area contributed by atoms with Crippen LogP contribution in [0.25, 0.3) is 0 Å². The molecule has 0 rings (SSSR count). The number of unbranched alkanes of at least 4 members (excludes halogenated alkanes) is 15. The van der Waals surface area contributed by atoms with Crippen LogP contribution >= 0.6 is 7.82 Å². The third kappa shape index (κ3) is 34.2. The van der Waals surface area contributed by atoms with Crippen molar-refractivity contribution in [3.8, 4) is 0 Å². The number of hydrogen-bond acceptors (Lipinski definition) is 7. The number of esters is 2. The second-order valence-electron chi connectivity index (χ2n) is 13.6. The fourth-order valence-electron chi connectivity index (χ4n) is 4.75. The number of quaternary nitrogens is 1. The monoisotopic (exact) mass is 688 g/mol. The molecular formula is C37H71NO8P+. The number of carbonyl (C=O) groups is 2. The lowest BCUT2D eigenvalue weighted by Gasteiger charge is -2.24. The molecule has 0 fully saturated rings. The Hall–Kier alpha value is -1.51. The van der Waals surface area contributed by atoms with E-state index in [1.165, 1.54) is 57.8 Å². The molecule has 0 aromatic carbocycles. The zero-order valence-electron chi connectivity index (χ0n) is 30.8. The van der Waals surface area contributed by atoms with Crippen LogP contribution in [-0.2, 0) is 32.7 Å². The highest BCUT2D eigenvalue weighted by Crippen LogP contribution is 2.43. The van der Waals surface area contributed by atoms with Crippen molar-refractivity contribution in [2.24, 2.45) is 0 Å². The van der Waals surface area contributed by atoms with Crippen LogP contribution < -0.4 is 0 Å². The van der Waals surface area contributed by atoms with E-state index in [9.17, 15) is 19.0 Å². The lowest BCUT2D eigenvalue weighted by molar-refractivity contribution is -0.870. The van der Waals surface area contributed by atoms with Gasteiger partial charge in [-0.3, -0.25) is 18.6 Å². The molecule has 0 spiro atoms. The largest absolute Gasteiger partial charge is 0.472 e. The molecule has 0 saturated heterocycles. The van der Waals surface area contributed by atoms with Crippen LogP contribution in [0.15, 0.2) is 24.3 Å². The molecule has 2 unspecified atom stereocenters. The maximum atomic E-state index is 12.6. The zero-order chi connectivity index (χ0) is 35.1. The van der Waals surface area contributed by atoms with Gasteiger partial charge in [0.05, 0.1) is 27.7 Å². The molecule has 9 nitrogen and oxygen atoms in total. The van der Waals surface area contributed by atoms with E-state index in [0.29, 0.717) is 17.4 Å². The fraction of sp³-hybridized carbons (Fsp3) is 0.838. The van der Waals surface area contributed by atoms with Gasteiger partial charge in [0.15, 0.2) is 6.10 Å². The van der Waals surface area contributed by atoms with Crippen LogP contribution in [0, 0.1) is 0 Å². The number of phosphoric ester groups is 1. The van der Waals surface area contributed by atoms with Gasteiger partial charge in [0.25, 0.3) is 0 Å². The van der Waals surface area contributed by atoms with Crippen molar-refractivity contribution in [3.05, 3.63) is 24.3 Å². The van der Waals surface area contributed by atoms with Gasteiger partial charge in [0.1, 0.15) is 19.8 Å². The first kappa shape index (κ1) is 45.5. The van der Waals surface area contributed by atoms with Gasteiger partial charge in [-0.05, 0) is 44.9 Å². The number of phosphoric acid groups is 1. The minimum Gasteiger partial charge on any atom is -0.462 e. The lowest BCUT2D eigenvalue weighted by atomic mass is 10.1. The second-order valence-corrected chi connectivity index (χ2v) is 15.1. The first-order valence-corrected chi connectivity index (χ1v) is 20.1. The molecule has 1 N–H and O–H groups in total. The van der Waals surface area contributed by atoms with E-state index >= 15 is 0 Å². The zero-order valence-corrected chi connectivity index (χ0v) is 31.7. The number of rotatable bonds is 33. The predicted octanol–water partition coefficient (Wildman–Crippen LogP) is 9.63. The predicted molar refractivity (Wildman–Crippen MR) is 192 cm³/mol. The van der Waals surface area contributed by atoms with Gasteiger partial charge < -0.3 is 18.9 Å². The Morgan fingerprint density at radius 3 is 1.72 bits per heavy atom. The van der Waals surface area contributed by atoms with Crippen molar-refractivity contribution in [3.63, 3.8) is 0 Å². The highest BCUT2D eigenvalue weighted by atomic mass is 31.2. The van der Waals surface area contributed by atoms with Crippen molar-refractivity contribution in [1.29, 1.82) is 0 Å². The summed E-state index contributed by atoms with van der Waals surface area (Å²) in [6.45, 7) is 4.32. The van der Waals surface area contributed by atoms with Crippen LogP contribution in [0.3, 0.4) is 0 Å². The molecule has 0 aromatic rings. The topological polar surface area (TPSA) is 108 Å². The normalized spacial score (nSPS) is 14.1. The summed E-state index contributed by atoms with van der Waals surface area (Å²) < 4.78 is 34.0. The third-order valence-corrected chi connectivity index (χ3v) is 8.72. The van der Waals surface area contributed by atoms with Crippen LogP contribution in [-0.4, -0.2) is 74.9 Å². The summed E-state index contributed by atoms with van der Waals surface area (Å²) in [5.41, 5.74) is 0. The Morgan fingerprint density at radius 1 is 0.660 bits per heavy atom. The van der Waals surface area contributed by atoms with Crippen LogP contribution in [0.1, 0.15) is 149 Å². The number of carbonyl (C=O) groups excluding carboxylic acids is 2. The highest BCUT2D eigenvalue weighted by molar-refractivity contribution is 7.47. The highest BCUT2D eigenvalue weighted by Gasteiger charge is 2.27. The molecule has 0 amide bonds. The average molecular weight is 689 g/mol. The smallest absolute Gasteiger partial charge is 0.462 e. The summed E-state index contributed by atoms with van der Waals surface area (Å²) in [5.74, 6) is -0.820. The summed E-state index contributed by atoms with van der Waals surface area (Å²) in [5, 5.41) is 0. The summed E-state index contributed by atoms with van der Waals surface area (Å²) in [6, 6.07) is 0. The minimum atomic E-state index is -4.36. The molecule has 0 aromatic heterocycles. The van der Waals surface area contributed by atoms with E-state index in [0.717, 1.165) is 57.8 Å². The summed E-state index contributed by atoms with van der Waals surface area (Å²) >= 11 is 0. The van der Waals surface area contributed by atoms with E-state index in [-0.39, 0.29) is 32.0 Å². The van der Waals surface area contributed by atoms with E-state index < -0.39 is 26.5 Å². The SMILES string of the molecule is CCCCC/C=C\C/C=C\CCCCCCCC(=O)OC(COC(=O)CCCCCCCCCC)COP(=O)(O)OCC[N+](C)(C)C. The molecule has 0 radical (unpaired) electrons. The van der Waals surface area contributed by atoms with E-state index in [2.05, 4.69) is 38.2 Å². The standard InChI is InChI=1S/C37H70NO8P/c1-6-8-10-12-14-16-17-18-19-20-21-22-24-26-28-30-37(40)46-35(34-45-47(41,42)44-32-31-38(3,4)5)33-43-36(39)29-27-25-23-15-13-11-9-7-2/h14,16,18-19,35H,6-13,15,17,20-34H2,1-5H3/p+1/b16-14-,19-18-.